The van der Waals surface area contributed by atoms with Crippen molar-refractivity contribution < 1.29 is 56.8 Å². The van der Waals surface area contributed by atoms with Gasteiger partial charge < -0.3 is 5.32 Å². The highest BCUT2D eigenvalue weighted by Crippen LogP contribution is 2.68. The fourth-order valence-electron chi connectivity index (χ4n) is 9.30. The molecule has 67 heavy (non-hydrogen) atoms. The number of anilines is 1. The summed E-state index contributed by atoms with van der Waals surface area (Å²) in [6.07, 6.45) is -4.24. The number of alkyl halides is 6. The van der Waals surface area contributed by atoms with Crippen LogP contribution in [-0.2, 0) is 56.5 Å². The minimum atomic E-state index is -4.06. The quantitative estimate of drug-likeness (QED) is 0.0776. The molecule has 0 spiro atoms. The number of nitrogens with one attached hydrogen (secondary N) is 2. The van der Waals surface area contributed by atoms with Gasteiger partial charge in [-0.15, -0.1) is 0 Å². The molecule has 2 N–H and O–H groups in total. The molecule has 1 amide bonds. The number of sulfonamides is 1. The van der Waals surface area contributed by atoms with Gasteiger partial charge in [0, 0.05) is 34.4 Å². The number of hydrogen-bond acceptors (Lipinski definition) is 8. The second kappa shape index (κ2) is 17.0. The Bertz CT molecular complexity index is 3010. The normalized spacial score (nSPS) is 19.5. The van der Waals surface area contributed by atoms with Crippen molar-refractivity contribution in [3.63, 3.8) is 0 Å². The maximum atomic E-state index is 15.6. The third kappa shape index (κ3) is 9.25. The predicted molar refractivity (Wildman–Crippen MR) is 231 cm³/mol. The summed E-state index contributed by atoms with van der Waals surface area (Å²) < 4.78 is 174. The van der Waals surface area contributed by atoms with Crippen LogP contribution in [-0.4, -0.2) is 69.5 Å². The number of nitrogens with zero attached hydrogens (tertiary/aromatic N) is 5. The molecule has 3 aromatic heterocycles. The Morgan fingerprint density at radius 3 is 2.25 bits per heavy atom. The zero-order valence-corrected chi connectivity index (χ0v) is 38.2. The molecule has 0 radical (unpaired) electrons. The Balaban J connectivity index is 1.18. The van der Waals surface area contributed by atoms with E-state index in [9.17, 15) is 48.0 Å². The Labute approximate surface area is 384 Å². The van der Waals surface area contributed by atoms with Crippen molar-refractivity contribution in [3.8, 4) is 11.1 Å². The average molecular weight is 1000 g/mol. The van der Waals surface area contributed by atoms with Crippen LogP contribution in [0.25, 0.3) is 22.0 Å². The van der Waals surface area contributed by atoms with Crippen LogP contribution in [0.3, 0.4) is 0 Å². The summed E-state index contributed by atoms with van der Waals surface area (Å²) in [7, 11) is -7.64. The number of fused-ring (bicyclic) bond motifs is 4. The molecular formula is C44H44ClF8N7O5S2. The van der Waals surface area contributed by atoms with Gasteiger partial charge in [0.05, 0.1) is 43.4 Å². The lowest BCUT2D eigenvalue weighted by Gasteiger charge is -2.26. The summed E-state index contributed by atoms with van der Waals surface area (Å²) in [5.74, 6) is -9.43. The molecule has 3 heterocycles. The van der Waals surface area contributed by atoms with Crippen LogP contribution in [0.5, 0.6) is 0 Å². The van der Waals surface area contributed by atoms with Crippen LogP contribution >= 0.6 is 11.6 Å². The largest absolute Gasteiger partial charge is 0.346 e. The van der Waals surface area contributed by atoms with Gasteiger partial charge in [0.15, 0.2) is 15.7 Å². The minimum Gasteiger partial charge on any atom is -0.346 e. The van der Waals surface area contributed by atoms with E-state index >= 15 is 8.78 Å². The van der Waals surface area contributed by atoms with Crippen molar-refractivity contribution in [3.05, 3.63) is 93.0 Å². The fourth-order valence-corrected chi connectivity index (χ4v) is 13.1. The van der Waals surface area contributed by atoms with Gasteiger partial charge in [0.1, 0.15) is 36.1 Å². The number of hydrogen-bond donors (Lipinski definition) is 2. The molecule has 3 saturated carbocycles. The predicted octanol–water partition coefficient (Wildman–Crippen LogP) is 9.18. The third-order valence-corrected chi connectivity index (χ3v) is 17.9. The van der Waals surface area contributed by atoms with Crippen LogP contribution in [0.2, 0.25) is 5.02 Å². The Morgan fingerprint density at radius 2 is 1.61 bits per heavy atom. The van der Waals surface area contributed by atoms with E-state index in [0.717, 1.165) is 16.8 Å². The topological polar surface area (TPSA) is 158 Å². The van der Waals surface area contributed by atoms with Crippen LogP contribution in [0.4, 0.5) is 40.9 Å². The number of aryl methyl sites for hydroxylation is 1. The molecule has 0 bridgehead atoms. The van der Waals surface area contributed by atoms with E-state index in [1.807, 2.05) is 0 Å². The molecule has 12 nitrogen and oxygen atoms in total. The van der Waals surface area contributed by atoms with Crippen LogP contribution in [0.1, 0.15) is 105 Å². The first-order valence-corrected chi connectivity index (χ1v) is 25.2. The zero-order valence-electron chi connectivity index (χ0n) is 35.9. The summed E-state index contributed by atoms with van der Waals surface area (Å²) in [6.45, 7) is 1.11. The number of halogens is 9. The molecule has 0 unspecified atom stereocenters. The lowest BCUT2D eigenvalue weighted by molar-refractivity contribution is -0.123. The minimum absolute atomic E-state index is 0.0274. The van der Waals surface area contributed by atoms with Crippen molar-refractivity contribution in [2.75, 3.05) is 10.5 Å². The van der Waals surface area contributed by atoms with Gasteiger partial charge in [0.25, 0.3) is 18.8 Å². The molecule has 2 aromatic carbocycles. The summed E-state index contributed by atoms with van der Waals surface area (Å²) in [6, 6.07) is 6.87. The van der Waals surface area contributed by atoms with E-state index in [-0.39, 0.29) is 86.3 Å². The fraction of sp³-hybridized carbons (Fsp3) is 0.500. The van der Waals surface area contributed by atoms with Crippen LogP contribution in [0.15, 0.2) is 42.5 Å². The molecule has 5 aromatic rings. The third-order valence-electron chi connectivity index (χ3n) is 13.0. The molecule has 0 saturated heterocycles. The molecule has 0 aliphatic heterocycles. The number of amides is 1. The Morgan fingerprint density at radius 1 is 0.925 bits per heavy atom. The van der Waals surface area contributed by atoms with Gasteiger partial charge in [-0.2, -0.15) is 19.0 Å². The Kier molecular flexibility index (Phi) is 12.0. The van der Waals surface area contributed by atoms with Gasteiger partial charge in [0.2, 0.25) is 15.9 Å². The van der Waals surface area contributed by atoms with E-state index in [4.69, 9.17) is 16.6 Å². The van der Waals surface area contributed by atoms with Crippen molar-refractivity contribution in [2.45, 2.75) is 119 Å². The summed E-state index contributed by atoms with van der Waals surface area (Å²) in [4.78, 5) is 19.1. The smallest absolute Gasteiger partial charge is 0.293 e. The van der Waals surface area contributed by atoms with Gasteiger partial charge >= 0.3 is 0 Å². The molecule has 3 fully saturated rings. The number of rotatable bonds is 19. The first-order valence-electron chi connectivity index (χ1n) is 21.7. The number of carbonyl (C=O) groups is 1. The van der Waals surface area contributed by atoms with Crippen molar-refractivity contribution in [1.82, 2.24) is 29.9 Å². The number of sulfone groups is 1. The zero-order chi connectivity index (χ0) is 48.1. The maximum absolute atomic E-state index is 15.6. The summed E-state index contributed by atoms with van der Waals surface area (Å²) >= 11 is 6.69. The number of carbonyl (C=O) groups excluding carboxylic acids is 1. The molecule has 9 rings (SSSR count). The number of aromatic nitrogens is 5. The average Bonchev–Trinajstić information content (AvgIpc) is 4.14. The second-order valence-electron chi connectivity index (χ2n) is 18.6. The van der Waals surface area contributed by atoms with Gasteiger partial charge in [-0.1, -0.05) is 23.7 Å². The molecule has 360 valence electrons. The lowest BCUT2D eigenvalue weighted by Crippen LogP contribution is -2.36. The highest BCUT2D eigenvalue weighted by Gasteiger charge is 2.67. The highest BCUT2D eigenvalue weighted by molar-refractivity contribution is 7.93. The van der Waals surface area contributed by atoms with E-state index < -0.39 is 115 Å². The first kappa shape index (κ1) is 47.2. The monoisotopic (exact) mass is 1000 g/mol. The van der Waals surface area contributed by atoms with E-state index in [2.05, 4.69) is 20.2 Å². The number of benzene rings is 2. The van der Waals surface area contributed by atoms with E-state index in [1.165, 1.54) is 24.3 Å². The molecule has 4 aliphatic rings. The highest BCUT2D eigenvalue weighted by atomic mass is 35.5. The van der Waals surface area contributed by atoms with Gasteiger partial charge in [-0.3, -0.25) is 23.9 Å². The standard InChI is InChI=1S/C44H44ClF8N7O5S2/c1-43(2,67(64,65)26-6-7-26)12-11-25-5-8-27(28-9-10-31(45)36-39(28)59(18-33(48)49)57-42(36)58-66(62,63)20-21-3-4-21)37(54-25)32(15-22-13-23(46)16-24(47)14-22)55-34(61)19-60-40-35(38(56-60)41(50)51)29-17-30(29)44(40,52)53/h5,8-10,13-14,16,21,26,29-30,32-33,41H,3-4,6-7,11-12,15,17-20H2,1-2H3,(H,55,61)(H,57,58)/t29-,30+,32-/m0/s1. The molecule has 23 heteroatoms. The number of pyridine rings is 1. The van der Waals surface area contributed by atoms with Gasteiger partial charge in [-0.25, -0.2) is 43.2 Å². The SMILES string of the molecule is CC(C)(CCc1ccc(-c2ccc(Cl)c3c(NS(=O)(=O)CC4CC4)nn(CC(F)F)c23)c([C@H](Cc2cc(F)cc(F)c2)NC(=O)Cn2nc(C(F)F)c3c2C(F)(F)[C@@H]2C[C@H]32)n1)S(=O)(=O)C1CC1. The molecular weight excluding hydrogens is 958 g/mol. The summed E-state index contributed by atoms with van der Waals surface area (Å²) in [5, 5.41) is 10.0. The van der Waals surface area contributed by atoms with Crippen LogP contribution < -0.4 is 10.0 Å². The van der Waals surface area contributed by atoms with Crippen molar-refractivity contribution >= 4 is 54.1 Å². The Hall–Kier alpha value is -4.83. The first-order chi connectivity index (χ1) is 31.4. The van der Waals surface area contributed by atoms with Crippen LogP contribution in [0, 0.1) is 23.5 Å². The van der Waals surface area contributed by atoms with E-state index in [0.29, 0.717) is 36.4 Å². The molecule has 3 atom stereocenters. The van der Waals surface area contributed by atoms with Crippen molar-refractivity contribution in [2.24, 2.45) is 11.8 Å². The van der Waals surface area contributed by atoms with Gasteiger partial charge in [-0.05, 0) is 107 Å². The van der Waals surface area contributed by atoms with E-state index in [1.54, 1.807) is 13.8 Å². The second-order valence-corrected chi connectivity index (χ2v) is 23.6. The van der Waals surface area contributed by atoms with Crippen molar-refractivity contribution in [1.29, 1.82) is 0 Å². The maximum Gasteiger partial charge on any atom is 0.293 e. The lowest BCUT2D eigenvalue weighted by atomic mass is 9.93. The summed E-state index contributed by atoms with van der Waals surface area (Å²) in [5.41, 5.74) is -1.82. The molecule has 4 aliphatic carbocycles.